The highest BCUT2D eigenvalue weighted by molar-refractivity contribution is 7.89. The van der Waals surface area contributed by atoms with Gasteiger partial charge >= 0.3 is 0 Å². The molecule has 5 nitrogen and oxygen atoms in total. The number of sulfonamides is 1. The lowest BCUT2D eigenvalue weighted by atomic mass is 9.86. The fourth-order valence-electron chi connectivity index (χ4n) is 4.10. The molecule has 1 atom stereocenters. The van der Waals surface area contributed by atoms with Gasteiger partial charge in [-0.05, 0) is 55.4 Å². The number of aliphatic hydroxyl groups excluding tert-OH is 1. The maximum atomic E-state index is 13.0. The Kier molecular flexibility index (Phi) is 3.95. The molecule has 1 aromatic carbocycles. The van der Waals surface area contributed by atoms with Gasteiger partial charge in [-0.15, -0.1) is 0 Å². The van der Waals surface area contributed by atoms with Gasteiger partial charge in [0.2, 0.25) is 10.0 Å². The van der Waals surface area contributed by atoms with E-state index in [4.69, 9.17) is 0 Å². The Bertz CT molecular complexity index is 712. The normalized spacial score (nSPS) is 27.5. The van der Waals surface area contributed by atoms with Crippen LogP contribution in [0.5, 0.6) is 0 Å². The molecule has 7 heteroatoms. The predicted octanol–water partition coefficient (Wildman–Crippen LogP) is 1.29. The van der Waals surface area contributed by atoms with Crippen molar-refractivity contribution in [2.75, 3.05) is 32.8 Å². The van der Waals surface area contributed by atoms with Crippen LogP contribution in [0, 0.1) is 17.7 Å². The summed E-state index contributed by atoms with van der Waals surface area (Å²) >= 11 is 0. The molecule has 2 aliphatic heterocycles. The Hall–Kier alpha value is -1.02. The molecule has 1 N–H and O–H groups in total. The first kappa shape index (κ1) is 16.4. The molecular weight excluding hydrogens is 331 g/mol. The number of hydrogen-bond acceptors (Lipinski definition) is 4. The maximum Gasteiger partial charge on any atom is 0.243 e. The van der Waals surface area contributed by atoms with Gasteiger partial charge in [0.1, 0.15) is 5.82 Å². The maximum absolute atomic E-state index is 13.0. The number of halogens is 1. The molecule has 1 aliphatic carbocycles. The predicted molar refractivity (Wildman–Crippen MR) is 87.4 cm³/mol. The van der Waals surface area contributed by atoms with Crippen LogP contribution in [0.25, 0.3) is 0 Å². The van der Waals surface area contributed by atoms with Gasteiger partial charge < -0.3 is 5.11 Å². The summed E-state index contributed by atoms with van der Waals surface area (Å²) in [6.45, 7) is 2.97. The molecule has 0 radical (unpaired) electrons. The number of nitrogens with zero attached hydrogens (tertiary/aromatic N) is 2. The van der Waals surface area contributed by atoms with Gasteiger partial charge in [0.25, 0.3) is 0 Å². The molecule has 0 unspecified atom stereocenters. The molecule has 0 bridgehead atoms. The monoisotopic (exact) mass is 354 g/mol. The summed E-state index contributed by atoms with van der Waals surface area (Å²) in [7, 11) is -3.57. The van der Waals surface area contributed by atoms with Gasteiger partial charge in [0.05, 0.1) is 4.90 Å². The lowest BCUT2D eigenvalue weighted by Crippen LogP contribution is -2.69. The largest absolute Gasteiger partial charge is 0.396 e. The quantitative estimate of drug-likeness (QED) is 0.866. The molecule has 1 spiro atoms. The van der Waals surface area contributed by atoms with Crippen LogP contribution >= 0.6 is 0 Å². The number of likely N-dealkylation sites (tertiary alicyclic amines) is 1. The van der Waals surface area contributed by atoms with Gasteiger partial charge in [0, 0.05) is 38.3 Å². The number of aliphatic hydroxyl groups is 1. The lowest BCUT2D eigenvalue weighted by Gasteiger charge is -2.52. The summed E-state index contributed by atoms with van der Waals surface area (Å²) in [6.07, 6.45) is 3.37. The van der Waals surface area contributed by atoms with E-state index in [2.05, 4.69) is 4.90 Å². The second-order valence-corrected chi connectivity index (χ2v) is 9.49. The SMILES string of the molecule is O=S(=O)(c1ccc(F)cc1)N1CC2(C[C@@H](CO)CN2CC2CC2)C1. The van der Waals surface area contributed by atoms with E-state index in [0.29, 0.717) is 13.1 Å². The van der Waals surface area contributed by atoms with Crippen LogP contribution in [0.4, 0.5) is 4.39 Å². The summed E-state index contributed by atoms with van der Waals surface area (Å²) < 4.78 is 39.9. The highest BCUT2D eigenvalue weighted by Gasteiger charge is 2.56. The van der Waals surface area contributed by atoms with Gasteiger partial charge in [-0.25, -0.2) is 12.8 Å². The van der Waals surface area contributed by atoms with Gasteiger partial charge in [-0.1, -0.05) is 0 Å². The van der Waals surface area contributed by atoms with Crippen LogP contribution < -0.4 is 0 Å². The Morgan fingerprint density at radius 2 is 1.83 bits per heavy atom. The van der Waals surface area contributed by atoms with Crippen LogP contribution in [0.3, 0.4) is 0 Å². The molecule has 4 rings (SSSR count). The Morgan fingerprint density at radius 1 is 1.17 bits per heavy atom. The van der Waals surface area contributed by atoms with Crippen LogP contribution in [0.15, 0.2) is 29.2 Å². The van der Waals surface area contributed by atoms with E-state index in [-0.39, 0.29) is 23.0 Å². The van der Waals surface area contributed by atoms with Gasteiger partial charge in [0.15, 0.2) is 0 Å². The zero-order valence-electron chi connectivity index (χ0n) is 13.6. The average Bonchev–Trinajstić information content (AvgIpc) is 3.24. The topological polar surface area (TPSA) is 60.9 Å². The molecule has 1 saturated carbocycles. The smallest absolute Gasteiger partial charge is 0.243 e. The first-order chi connectivity index (χ1) is 11.4. The second-order valence-electron chi connectivity index (χ2n) is 7.55. The third-order valence-corrected chi connectivity index (χ3v) is 7.45. The Morgan fingerprint density at radius 3 is 2.42 bits per heavy atom. The van der Waals surface area contributed by atoms with Crippen LogP contribution in [-0.2, 0) is 10.0 Å². The summed E-state index contributed by atoms with van der Waals surface area (Å²) in [5.74, 6) is 0.535. The zero-order chi connectivity index (χ0) is 16.9. The number of hydrogen-bond donors (Lipinski definition) is 1. The van der Waals surface area contributed by atoms with Crippen molar-refractivity contribution in [2.24, 2.45) is 11.8 Å². The average molecular weight is 354 g/mol. The van der Waals surface area contributed by atoms with Crippen LogP contribution in [0.1, 0.15) is 19.3 Å². The standard InChI is InChI=1S/C17H23FN2O3S/c18-15-3-5-16(6-4-15)24(22,23)20-11-17(12-20)7-14(10-21)9-19(17)8-13-1-2-13/h3-6,13-14,21H,1-2,7-12H2/t14-/m1/s1. The van der Waals surface area contributed by atoms with Crippen molar-refractivity contribution in [1.29, 1.82) is 0 Å². The third-order valence-electron chi connectivity index (χ3n) is 5.64. The van der Waals surface area contributed by atoms with E-state index >= 15 is 0 Å². The first-order valence-electron chi connectivity index (χ1n) is 8.55. The summed E-state index contributed by atoms with van der Waals surface area (Å²) in [6, 6.07) is 5.00. The highest BCUT2D eigenvalue weighted by Crippen LogP contribution is 2.44. The van der Waals surface area contributed by atoms with Crippen molar-refractivity contribution in [2.45, 2.75) is 29.7 Å². The van der Waals surface area contributed by atoms with Crippen molar-refractivity contribution in [3.63, 3.8) is 0 Å². The fourth-order valence-corrected chi connectivity index (χ4v) is 5.70. The fraction of sp³-hybridized carbons (Fsp3) is 0.647. The molecule has 132 valence electrons. The lowest BCUT2D eigenvalue weighted by molar-refractivity contribution is 0.0168. The van der Waals surface area contributed by atoms with Crippen molar-refractivity contribution in [3.05, 3.63) is 30.1 Å². The number of rotatable bonds is 5. The third kappa shape index (κ3) is 2.77. The summed E-state index contributed by atoms with van der Waals surface area (Å²) in [4.78, 5) is 2.55. The van der Waals surface area contributed by atoms with Gasteiger partial charge in [-0.2, -0.15) is 4.31 Å². The summed E-state index contributed by atoms with van der Waals surface area (Å²) in [5, 5.41) is 9.52. The Labute approximate surface area is 142 Å². The molecule has 2 saturated heterocycles. The van der Waals surface area contributed by atoms with Crippen molar-refractivity contribution in [1.82, 2.24) is 9.21 Å². The molecule has 0 amide bonds. The van der Waals surface area contributed by atoms with Crippen molar-refractivity contribution in [3.8, 4) is 0 Å². The van der Waals surface area contributed by atoms with Gasteiger partial charge in [-0.3, -0.25) is 4.90 Å². The molecule has 24 heavy (non-hydrogen) atoms. The van der Waals surface area contributed by atoms with Crippen molar-refractivity contribution >= 4 is 10.0 Å². The first-order valence-corrected chi connectivity index (χ1v) is 9.99. The molecular formula is C17H23FN2O3S. The van der Waals surface area contributed by atoms with Crippen molar-refractivity contribution < 1.29 is 17.9 Å². The second kappa shape index (κ2) is 5.76. The van der Waals surface area contributed by atoms with Crippen LogP contribution in [-0.4, -0.2) is 61.1 Å². The van der Waals surface area contributed by atoms with E-state index in [1.807, 2.05) is 0 Å². The minimum atomic E-state index is -3.57. The molecule has 3 aliphatic rings. The molecule has 0 aromatic heterocycles. The van der Waals surface area contributed by atoms with E-state index in [9.17, 15) is 17.9 Å². The van der Waals surface area contributed by atoms with E-state index < -0.39 is 15.8 Å². The number of benzene rings is 1. The van der Waals surface area contributed by atoms with Crippen LogP contribution in [0.2, 0.25) is 0 Å². The molecule has 2 heterocycles. The molecule has 3 fully saturated rings. The van der Waals surface area contributed by atoms with E-state index in [1.165, 1.54) is 41.4 Å². The zero-order valence-corrected chi connectivity index (χ0v) is 14.4. The summed E-state index contributed by atoms with van der Waals surface area (Å²) in [5.41, 5.74) is -0.122. The van der Waals surface area contributed by atoms with E-state index in [0.717, 1.165) is 25.4 Å². The van der Waals surface area contributed by atoms with E-state index in [1.54, 1.807) is 0 Å². The minimum Gasteiger partial charge on any atom is -0.396 e. The Balaban J connectivity index is 1.50. The highest BCUT2D eigenvalue weighted by atomic mass is 32.2. The minimum absolute atomic E-state index is 0.122. The molecule has 1 aromatic rings.